The summed E-state index contributed by atoms with van der Waals surface area (Å²) in [5.74, 6) is 1.73. The van der Waals surface area contributed by atoms with Crippen molar-refractivity contribution >= 4 is 29.9 Å². The van der Waals surface area contributed by atoms with E-state index in [4.69, 9.17) is 4.74 Å². The van der Waals surface area contributed by atoms with Crippen LogP contribution in [0.15, 0.2) is 35.3 Å². The summed E-state index contributed by atoms with van der Waals surface area (Å²) < 4.78 is 7.61. The minimum Gasteiger partial charge on any atom is -0.494 e. The number of guanidine groups is 1. The van der Waals surface area contributed by atoms with Crippen molar-refractivity contribution in [3.05, 3.63) is 47.3 Å². The van der Waals surface area contributed by atoms with Crippen LogP contribution in [0.25, 0.3) is 0 Å². The molecule has 1 aromatic heterocycles. The highest BCUT2D eigenvalue weighted by Crippen LogP contribution is 2.11. The van der Waals surface area contributed by atoms with Crippen molar-refractivity contribution in [1.29, 1.82) is 0 Å². The number of para-hydroxylation sites is 1. The molecule has 0 saturated carbocycles. The molecule has 1 aromatic carbocycles. The van der Waals surface area contributed by atoms with Crippen molar-refractivity contribution in [2.45, 2.75) is 26.7 Å². The van der Waals surface area contributed by atoms with E-state index in [1.165, 1.54) is 11.3 Å². The van der Waals surface area contributed by atoms with Gasteiger partial charge in [0.15, 0.2) is 5.96 Å². The summed E-state index contributed by atoms with van der Waals surface area (Å²) in [7, 11) is 3.77. The zero-order valence-electron chi connectivity index (χ0n) is 16.1. The Labute approximate surface area is 173 Å². The third-order valence-corrected chi connectivity index (χ3v) is 4.18. The SMILES string of the molecule is CN=C(NCCCOc1ccccc1)NCCc1c(C)nn(C)c1C.I. The van der Waals surface area contributed by atoms with Gasteiger partial charge in [-0.3, -0.25) is 9.67 Å². The van der Waals surface area contributed by atoms with E-state index in [9.17, 15) is 0 Å². The molecule has 0 saturated heterocycles. The zero-order chi connectivity index (χ0) is 18.1. The van der Waals surface area contributed by atoms with E-state index in [1.54, 1.807) is 7.05 Å². The molecule has 6 nitrogen and oxygen atoms in total. The van der Waals surface area contributed by atoms with Gasteiger partial charge in [-0.05, 0) is 44.4 Å². The van der Waals surface area contributed by atoms with Crippen molar-refractivity contribution in [2.75, 3.05) is 26.7 Å². The number of hydrogen-bond acceptors (Lipinski definition) is 3. The van der Waals surface area contributed by atoms with Gasteiger partial charge >= 0.3 is 0 Å². The molecular formula is C19H30IN5O. The highest BCUT2D eigenvalue weighted by Gasteiger charge is 2.08. The maximum atomic E-state index is 5.68. The van der Waals surface area contributed by atoms with Gasteiger partial charge in [-0.1, -0.05) is 18.2 Å². The second kappa shape index (κ2) is 11.8. The topological polar surface area (TPSA) is 63.5 Å². The van der Waals surface area contributed by atoms with Crippen LogP contribution >= 0.6 is 24.0 Å². The molecule has 2 N–H and O–H groups in total. The van der Waals surface area contributed by atoms with Crippen LogP contribution in [0.3, 0.4) is 0 Å². The van der Waals surface area contributed by atoms with E-state index in [0.29, 0.717) is 6.61 Å². The van der Waals surface area contributed by atoms with Crippen molar-refractivity contribution in [2.24, 2.45) is 12.0 Å². The molecule has 0 atom stereocenters. The normalized spacial score (nSPS) is 11.0. The summed E-state index contributed by atoms with van der Waals surface area (Å²) >= 11 is 0. The van der Waals surface area contributed by atoms with Crippen LogP contribution < -0.4 is 15.4 Å². The maximum Gasteiger partial charge on any atom is 0.190 e. The highest BCUT2D eigenvalue weighted by molar-refractivity contribution is 14.0. The van der Waals surface area contributed by atoms with Gasteiger partial charge in [0.05, 0.1) is 12.3 Å². The summed E-state index contributed by atoms with van der Waals surface area (Å²) in [6.07, 6.45) is 1.85. The van der Waals surface area contributed by atoms with E-state index in [2.05, 4.69) is 34.6 Å². The van der Waals surface area contributed by atoms with E-state index in [1.807, 2.05) is 42.1 Å². The first kappa shape index (κ1) is 22.3. The molecule has 0 aliphatic heterocycles. The average Bonchev–Trinajstić information content (AvgIpc) is 2.86. The third kappa shape index (κ3) is 6.86. The van der Waals surface area contributed by atoms with Crippen molar-refractivity contribution < 1.29 is 4.74 Å². The Morgan fingerprint density at radius 3 is 2.46 bits per heavy atom. The van der Waals surface area contributed by atoms with Crippen LogP contribution in [0.1, 0.15) is 23.4 Å². The Hall–Kier alpha value is -1.77. The molecule has 0 amide bonds. The van der Waals surface area contributed by atoms with Crippen LogP contribution in [0.2, 0.25) is 0 Å². The number of nitrogens with one attached hydrogen (secondary N) is 2. The van der Waals surface area contributed by atoms with Gasteiger partial charge in [-0.15, -0.1) is 24.0 Å². The first-order valence-corrected chi connectivity index (χ1v) is 8.73. The fourth-order valence-electron chi connectivity index (χ4n) is 2.69. The fourth-order valence-corrected chi connectivity index (χ4v) is 2.69. The molecule has 26 heavy (non-hydrogen) atoms. The van der Waals surface area contributed by atoms with Crippen LogP contribution in [0, 0.1) is 13.8 Å². The number of halogens is 1. The Bertz CT molecular complexity index is 685. The minimum atomic E-state index is 0. The van der Waals surface area contributed by atoms with Gasteiger partial charge in [0.25, 0.3) is 0 Å². The smallest absolute Gasteiger partial charge is 0.190 e. The van der Waals surface area contributed by atoms with Gasteiger partial charge in [0.1, 0.15) is 5.75 Å². The number of nitrogens with zero attached hydrogens (tertiary/aromatic N) is 3. The van der Waals surface area contributed by atoms with E-state index < -0.39 is 0 Å². The molecule has 7 heteroatoms. The molecule has 0 spiro atoms. The quantitative estimate of drug-likeness (QED) is 0.269. The predicted octanol–water partition coefficient (Wildman–Crippen LogP) is 2.83. The number of aromatic nitrogens is 2. The molecule has 0 aliphatic carbocycles. The van der Waals surface area contributed by atoms with E-state index in [-0.39, 0.29) is 24.0 Å². The molecule has 2 rings (SSSR count). The third-order valence-electron chi connectivity index (χ3n) is 4.18. The summed E-state index contributed by atoms with van der Waals surface area (Å²) in [6.45, 7) is 6.49. The number of benzene rings is 1. The van der Waals surface area contributed by atoms with Gasteiger partial charge in [-0.2, -0.15) is 5.10 Å². The van der Waals surface area contributed by atoms with E-state index in [0.717, 1.165) is 43.3 Å². The molecule has 2 aromatic rings. The van der Waals surface area contributed by atoms with Crippen LogP contribution in [0.4, 0.5) is 0 Å². The largest absolute Gasteiger partial charge is 0.494 e. The molecule has 1 heterocycles. The number of aryl methyl sites for hydroxylation is 2. The van der Waals surface area contributed by atoms with Crippen molar-refractivity contribution in [3.8, 4) is 5.75 Å². The molecule has 0 unspecified atom stereocenters. The number of hydrogen-bond donors (Lipinski definition) is 2. The molecular weight excluding hydrogens is 441 g/mol. The molecule has 0 bridgehead atoms. The van der Waals surface area contributed by atoms with Gasteiger partial charge in [0.2, 0.25) is 0 Å². The summed E-state index contributed by atoms with van der Waals surface area (Å²) in [4.78, 5) is 4.26. The highest BCUT2D eigenvalue weighted by atomic mass is 127. The second-order valence-corrected chi connectivity index (χ2v) is 5.96. The van der Waals surface area contributed by atoms with Gasteiger partial charge in [0, 0.05) is 32.9 Å². The second-order valence-electron chi connectivity index (χ2n) is 5.96. The number of ether oxygens (including phenoxy) is 1. The van der Waals surface area contributed by atoms with Gasteiger partial charge in [-0.25, -0.2) is 0 Å². The summed E-state index contributed by atoms with van der Waals surface area (Å²) in [5.41, 5.74) is 3.63. The van der Waals surface area contributed by atoms with Crippen LogP contribution in [-0.4, -0.2) is 42.5 Å². The molecule has 0 aliphatic rings. The van der Waals surface area contributed by atoms with E-state index >= 15 is 0 Å². The standard InChI is InChI=1S/C19H29N5O.HI/c1-15-18(16(2)24(4)23-15)11-13-22-19(20-3)21-12-8-14-25-17-9-6-5-7-10-17;/h5-7,9-10H,8,11-14H2,1-4H3,(H2,20,21,22);1H. The van der Waals surface area contributed by atoms with Crippen molar-refractivity contribution in [3.63, 3.8) is 0 Å². The molecule has 0 fully saturated rings. The monoisotopic (exact) mass is 471 g/mol. The first-order valence-electron chi connectivity index (χ1n) is 8.73. The Balaban J connectivity index is 0.00000338. The fraction of sp³-hybridized carbons (Fsp3) is 0.474. The predicted molar refractivity (Wildman–Crippen MR) is 118 cm³/mol. The number of rotatable bonds is 8. The lowest BCUT2D eigenvalue weighted by atomic mass is 10.1. The van der Waals surface area contributed by atoms with Gasteiger partial charge < -0.3 is 15.4 Å². The number of aliphatic imine (C=N–C) groups is 1. The summed E-state index contributed by atoms with van der Waals surface area (Å²) in [6, 6.07) is 9.88. The maximum absolute atomic E-state index is 5.68. The first-order chi connectivity index (χ1) is 12.1. The Morgan fingerprint density at radius 1 is 1.15 bits per heavy atom. The molecule has 0 radical (unpaired) electrons. The zero-order valence-corrected chi connectivity index (χ0v) is 18.4. The minimum absolute atomic E-state index is 0. The van der Waals surface area contributed by atoms with Crippen molar-refractivity contribution in [1.82, 2.24) is 20.4 Å². The molecule has 144 valence electrons. The average molecular weight is 471 g/mol. The Kier molecular flexibility index (Phi) is 10.1. The van der Waals surface area contributed by atoms with Crippen LogP contribution in [0.5, 0.6) is 5.75 Å². The Morgan fingerprint density at radius 2 is 1.85 bits per heavy atom. The summed E-state index contributed by atoms with van der Waals surface area (Å²) in [5, 5.41) is 11.1. The lowest BCUT2D eigenvalue weighted by molar-refractivity contribution is 0.311. The van der Waals surface area contributed by atoms with Crippen LogP contribution in [-0.2, 0) is 13.5 Å². The lowest BCUT2D eigenvalue weighted by Gasteiger charge is -2.12. The lowest BCUT2D eigenvalue weighted by Crippen LogP contribution is -2.39.